The van der Waals surface area contributed by atoms with Gasteiger partial charge in [0.25, 0.3) is 0 Å². The molecule has 104 valence electrons. The zero-order chi connectivity index (χ0) is 14.3. The average molecular weight is 269 g/mol. The number of fused-ring (bicyclic) bond motifs is 1. The van der Waals surface area contributed by atoms with Crippen LogP contribution in [0.5, 0.6) is 0 Å². The van der Waals surface area contributed by atoms with Gasteiger partial charge in [-0.3, -0.25) is 0 Å². The molecule has 0 amide bonds. The van der Waals surface area contributed by atoms with E-state index in [0.717, 1.165) is 35.1 Å². The number of hydrogen-bond donors (Lipinski definition) is 1. The molecule has 0 aromatic carbocycles. The van der Waals surface area contributed by atoms with Gasteiger partial charge in [-0.1, -0.05) is 6.07 Å². The van der Waals surface area contributed by atoms with Gasteiger partial charge in [-0.2, -0.15) is 5.10 Å². The average Bonchev–Trinajstić information content (AvgIpc) is 2.93. The smallest absolute Gasteiger partial charge is 0.177 e. The monoisotopic (exact) mass is 269 g/mol. The summed E-state index contributed by atoms with van der Waals surface area (Å²) in [4.78, 5) is 4.74. The minimum absolute atomic E-state index is 0.748. The van der Waals surface area contributed by atoms with Crippen LogP contribution in [0.25, 0.3) is 11.5 Å². The van der Waals surface area contributed by atoms with Crippen molar-refractivity contribution in [3.63, 3.8) is 0 Å². The highest BCUT2D eigenvalue weighted by Crippen LogP contribution is 2.21. The fourth-order valence-corrected chi connectivity index (χ4v) is 2.46. The summed E-state index contributed by atoms with van der Waals surface area (Å²) in [6.07, 6.45) is 2.04. The first kappa shape index (κ1) is 12.9. The zero-order valence-corrected chi connectivity index (χ0v) is 12.3. The number of aromatic nitrogens is 4. The first-order chi connectivity index (χ1) is 9.63. The Kier molecular flexibility index (Phi) is 3.06. The van der Waals surface area contributed by atoms with Crippen molar-refractivity contribution in [2.75, 3.05) is 7.05 Å². The van der Waals surface area contributed by atoms with Crippen LogP contribution in [0.2, 0.25) is 0 Å². The second-order valence-corrected chi connectivity index (χ2v) is 5.05. The lowest BCUT2D eigenvalue weighted by Gasteiger charge is -2.06. The van der Waals surface area contributed by atoms with Crippen LogP contribution in [0.3, 0.4) is 0 Å². The second-order valence-electron chi connectivity index (χ2n) is 5.05. The van der Waals surface area contributed by atoms with Gasteiger partial charge in [-0.15, -0.1) is 0 Å². The van der Waals surface area contributed by atoms with Gasteiger partial charge >= 0.3 is 0 Å². The third-order valence-electron chi connectivity index (χ3n) is 3.81. The van der Waals surface area contributed by atoms with Crippen molar-refractivity contribution in [2.24, 2.45) is 0 Å². The fraction of sp³-hybridized carbons (Fsp3) is 0.333. The molecule has 1 N–H and O–H groups in total. The van der Waals surface area contributed by atoms with Crippen molar-refractivity contribution in [2.45, 2.75) is 27.3 Å². The lowest BCUT2D eigenvalue weighted by molar-refractivity contribution is 0.743. The van der Waals surface area contributed by atoms with E-state index in [1.807, 2.05) is 43.0 Å². The maximum atomic E-state index is 4.74. The van der Waals surface area contributed by atoms with Crippen LogP contribution in [0.1, 0.15) is 22.6 Å². The molecule has 5 heteroatoms. The van der Waals surface area contributed by atoms with Gasteiger partial charge in [0.05, 0.1) is 11.4 Å². The number of pyridine rings is 1. The summed E-state index contributed by atoms with van der Waals surface area (Å²) in [5.41, 5.74) is 5.47. The van der Waals surface area contributed by atoms with E-state index >= 15 is 0 Å². The van der Waals surface area contributed by atoms with E-state index in [-0.39, 0.29) is 0 Å². The Labute approximate surface area is 118 Å². The van der Waals surface area contributed by atoms with Gasteiger partial charge in [0.15, 0.2) is 5.82 Å². The Bertz CT molecular complexity index is 766. The molecule has 0 aliphatic carbocycles. The number of nitrogens with zero attached hydrogens (tertiary/aromatic N) is 4. The third kappa shape index (κ3) is 1.82. The van der Waals surface area contributed by atoms with Crippen molar-refractivity contribution in [3.8, 4) is 5.82 Å². The van der Waals surface area contributed by atoms with Gasteiger partial charge in [0, 0.05) is 18.4 Å². The summed E-state index contributed by atoms with van der Waals surface area (Å²) in [7, 11) is 1.94. The molecular formula is C15H19N5. The molecule has 0 bridgehead atoms. The molecule has 20 heavy (non-hydrogen) atoms. The fourth-order valence-electron chi connectivity index (χ4n) is 2.46. The molecular weight excluding hydrogens is 250 g/mol. The van der Waals surface area contributed by atoms with Crippen LogP contribution in [0.4, 0.5) is 0 Å². The van der Waals surface area contributed by atoms with E-state index in [4.69, 9.17) is 4.98 Å². The molecule has 0 saturated carbocycles. The first-order valence-corrected chi connectivity index (χ1v) is 6.77. The molecule has 0 aliphatic heterocycles. The summed E-state index contributed by atoms with van der Waals surface area (Å²) in [5, 5.41) is 7.84. The van der Waals surface area contributed by atoms with E-state index < -0.39 is 0 Å². The van der Waals surface area contributed by atoms with Crippen molar-refractivity contribution < 1.29 is 0 Å². The lowest BCUT2D eigenvalue weighted by Crippen LogP contribution is -2.12. The first-order valence-electron chi connectivity index (χ1n) is 6.77. The zero-order valence-electron chi connectivity index (χ0n) is 12.3. The molecule has 0 saturated heterocycles. The quantitative estimate of drug-likeness (QED) is 0.792. The predicted octanol–water partition coefficient (Wildman–Crippen LogP) is 2.16. The van der Waals surface area contributed by atoms with E-state index in [1.165, 1.54) is 5.56 Å². The number of rotatable bonds is 3. The van der Waals surface area contributed by atoms with Crippen LogP contribution in [-0.2, 0) is 6.54 Å². The van der Waals surface area contributed by atoms with E-state index in [2.05, 4.69) is 28.7 Å². The molecule has 3 aromatic heterocycles. The highest BCUT2D eigenvalue weighted by atomic mass is 15.3. The second kappa shape index (κ2) is 4.76. The predicted molar refractivity (Wildman–Crippen MR) is 79.3 cm³/mol. The number of imidazole rings is 1. The van der Waals surface area contributed by atoms with Crippen molar-refractivity contribution in [1.82, 2.24) is 24.5 Å². The van der Waals surface area contributed by atoms with Crippen LogP contribution in [0, 0.1) is 20.8 Å². The Balaban J connectivity index is 2.29. The minimum Gasteiger partial charge on any atom is -0.314 e. The lowest BCUT2D eigenvalue weighted by atomic mass is 10.2. The third-order valence-corrected chi connectivity index (χ3v) is 3.81. The molecule has 3 heterocycles. The summed E-state index contributed by atoms with van der Waals surface area (Å²) >= 11 is 0. The normalized spacial score (nSPS) is 11.4. The van der Waals surface area contributed by atoms with Crippen molar-refractivity contribution in [1.29, 1.82) is 0 Å². The highest BCUT2D eigenvalue weighted by Gasteiger charge is 2.17. The minimum atomic E-state index is 0.748. The molecule has 0 unspecified atom stereocenters. The molecule has 0 aliphatic rings. The van der Waals surface area contributed by atoms with Crippen LogP contribution in [-0.4, -0.2) is 26.2 Å². The van der Waals surface area contributed by atoms with Crippen LogP contribution in [0.15, 0.2) is 24.4 Å². The van der Waals surface area contributed by atoms with Crippen LogP contribution >= 0.6 is 0 Å². The highest BCUT2D eigenvalue weighted by molar-refractivity contribution is 5.49. The molecule has 3 aromatic rings. The summed E-state index contributed by atoms with van der Waals surface area (Å²) in [6, 6.07) is 6.03. The van der Waals surface area contributed by atoms with Crippen LogP contribution < -0.4 is 5.32 Å². The molecule has 0 fully saturated rings. The SMILES string of the molecule is CNCc1c(-n2nc(C)c(C)c2C)nc2ccccn12. The molecule has 0 spiro atoms. The number of aryl methyl sites for hydroxylation is 1. The van der Waals surface area contributed by atoms with Gasteiger partial charge in [0.1, 0.15) is 5.65 Å². The topological polar surface area (TPSA) is 47.2 Å². The van der Waals surface area contributed by atoms with Gasteiger partial charge in [-0.05, 0) is 45.5 Å². The Morgan fingerprint density at radius 1 is 1.20 bits per heavy atom. The molecule has 0 radical (unpaired) electrons. The maximum Gasteiger partial charge on any atom is 0.177 e. The molecule has 0 atom stereocenters. The van der Waals surface area contributed by atoms with Gasteiger partial charge in [-0.25, -0.2) is 9.67 Å². The maximum absolute atomic E-state index is 4.74. The summed E-state index contributed by atoms with van der Waals surface area (Å²) < 4.78 is 4.06. The molecule has 5 nitrogen and oxygen atoms in total. The molecule has 3 rings (SSSR count). The Hall–Kier alpha value is -2.14. The van der Waals surface area contributed by atoms with Crippen molar-refractivity contribution in [3.05, 3.63) is 47.0 Å². The van der Waals surface area contributed by atoms with E-state index in [0.29, 0.717) is 0 Å². The van der Waals surface area contributed by atoms with E-state index in [1.54, 1.807) is 0 Å². The standard InChI is InChI=1S/C15H19N5/c1-10-11(2)18-20(12(10)3)15-13(9-16-4)19-8-6-5-7-14(19)17-15/h5-8,16H,9H2,1-4H3. The number of nitrogens with one attached hydrogen (secondary N) is 1. The Morgan fingerprint density at radius 2 is 2.00 bits per heavy atom. The van der Waals surface area contributed by atoms with E-state index in [9.17, 15) is 0 Å². The van der Waals surface area contributed by atoms with Crippen molar-refractivity contribution >= 4 is 5.65 Å². The largest absolute Gasteiger partial charge is 0.314 e. The van der Waals surface area contributed by atoms with Gasteiger partial charge < -0.3 is 9.72 Å². The Morgan fingerprint density at radius 3 is 2.65 bits per heavy atom. The van der Waals surface area contributed by atoms with Gasteiger partial charge in [0.2, 0.25) is 0 Å². The number of hydrogen-bond acceptors (Lipinski definition) is 3. The summed E-state index contributed by atoms with van der Waals surface area (Å²) in [5.74, 6) is 0.902. The summed E-state index contributed by atoms with van der Waals surface area (Å²) in [6.45, 7) is 6.97.